The van der Waals surface area contributed by atoms with E-state index in [2.05, 4.69) is 10.6 Å². The lowest BCUT2D eigenvalue weighted by Crippen LogP contribution is -2.30. The molecule has 0 radical (unpaired) electrons. The Morgan fingerprint density at radius 3 is 2.58 bits per heavy atom. The molecule has 2 N–H and O–H groups in total. The fourth-order valence-corrected chi connectivity index (χ4v) is 2.67. The summed E-state index contributed by atoms with van der Waals surface area (Å²) >= 11 is 0. The van der Waals surface area contributed by atoms with Gasteiger partial charge < -0.3 is 19.8 Å². The summed E-state index contributed by atoms with van der Waals surface area (Å²) in [6.07, 6.45) is 0.305. The fraction of sp³-hybridized carbons (Fsp3) is 0.130. The smallest absolute Gasteiger partial charge is 0.338 e. The highest BCUT2D eigenvalue weighted by atomic mass is 16.5. The van der Waals surface area contributed by atoms with E-state index in [-0.39, 0.29) is 11.3 Å². The van der Waals surface area contributed by atoms with Gasteiger partial charge in [0.15, 0.2) is 11.9 Å². The van der Waals surface area contributed by atoms with Crippen LogP contribution >= 0.6 is 0 Å². The predicted molar refractivity (Wildman–Crippen MR) is 113 cm³/mol. The van der Waals surface area contributed by atoms with E-state index >= 15 is 0 Å². The number of hydrogen-bond donors (Lipinski definition) is 2. The molecule has 0 unspecified atom stereocenters. The van der Waals surface area contributed by atoms with Gasteiger partial charge in [0, 0.05) is 11.4 Å². The van der Waals surface area contributed by atoms with E-state index in [1.54, 1.807) is 43.3 Å². The number of rotatable bonds is 6. The van der Waals surface area contributed by atoms with Gasteiger partial charge in [-0.2, -0.15) is 5.26 Å². The SMILES string of the molecule is Cc1ccc(C(=O)O[C@H](C)C(=O)Nc2cccc(C#N)c2)cc1NC(=O)c1ccco1. The van der Waals surface area contributed by atoms with Crippen molar-refractivity contribution < 1.29 is 23.5 Å². The molecule has 0 saturated heterocycles. The van der Waals surface area contributed by atoms with Crippen LogP contribution in [-0.4, -0.2) is 23.9 Å². The zero-order chi connectivity index (χ0) is 22.4. The summed E-state index contributed by atoms with van der Waals surface area (Å²) in [5.41, 5.74) is 2.14. The Kier molecular flexibility index (Phi) is 6.48. The minimum absolute atomic E-state index is 0.137. The first-order valence-corrected chi connectivity index (χ1v) is 9.35. The van der Waals surface area contributed by atoms with Gasteiger partial charge in [-0.05, 0) is 61.9 Å². The molecule has 0 bridgehead atoms. The number of aryl methyl sites for hydroxylation is 1. The van der Waals surface area contributed by atoms with Gasteiger partial charge in [-0.25, -0.2) is 4.79 Å². The lowest BCUT2D eigenvalue weighted by molar-refractivity contribution is -0.123. The Labute approximate surface area is 178 Å². The third-order valence-electron chi connectivity index (χ3n) is 4.38. The van der Waals surface area contributed by atoms with Crippen LogP contribution in [0.4, 0.5) is 11.4 Å². The second-order valence-electron chi connectivity index (χ2n) is 6.69. The summed E-state index contributed by atoms with van der Waals surface area (Å²) in [5.74, 6) is -1.58. The molecule has 0 aliphatic rings. The second-order valence-corrected chi connectivity index (χ2v) is 6.69. The van der Waals surface area contributed by atoms with Crippen LogP contribution in [0, 0.1) is 18.3 Å². The molecular formula is C23H19N3O5. The maximum absolute atomic E-state index is 12.5. The van der Waals surface area contributed by atoms with E-state index in [4.69, 9.17) is 14.4 Å². The van der Waals surface area contributed by atoms with E-state index in [0.29, 0.717) is 16.9 Å². The van der Waals surface area contributed by atoms with Crippen molar-refractivity contribution in [2.24, 2.45) is 0 Å². The van der Waals surface area contributed by atoms with Gasteiger partial charge in [0.25, 0.3) is 11.8 Å². The van der Waals surface area contributed by atoms with E-state index < -0.39 is 23.9 Å². The molecule has 31 heavy (non-hydrogen) atoms. The van der Waals surface area contributed by atoms with E-state index in [9.17, 15) is 14.4 Å². The van der Waals surface area contributed by atoms with E-state index in [1.165, 1.54) is 31.4 Å². The first kappa shape index (κ1) is 21.3. The lowest BCUT2D eigenvalue weighted by atomic mass is 10.1. The number of hydrogen-bond acceptors (Lipinski definition) is 6. The molecule has 0 fully saturated rings. The van der Waals surface area contributed by atoms with Crippen LogP contribution in [0.5, 0.6) is 0 Å². The molecular weight excluding hydrogens is 398 g/mol. The monoisotopic (exact) mass is 417 g/mol. The number of furan rings is 1. The third-order valence-corrected chi connectivity index (χ3v) is 4.38. The van der Waals surface area contributed by atoms with E-state index in [0.717, 1.165) is 5.56 Å². The molecule has 3 aromatic rings. The number of carbonyl (C=O) groups excluding carboxylic acids is 3. The van der Waals surface area contributed by atoms with Gasteiger partial charge in [-0.15, -0.1) is 0 Å². The number of anilines is 2. The summed E-state index contributed by atoms with van der Waals surface area (Å²) in [7, 11) is 0. The topological polar surface area (TPSA) is 121 Å². The number of nitrogens with zero attached hydrogens (tertiary/aromatic N) is 1. The van der Waals surface area contributed by atoms with Crippen LogP contribution in [0.3, 0.4) is 0 Å². The molecule has 2 aromatic carbocycles. The third kappa shape index (κ3) is 5.36. The largest absolute Gasteiger partial charge is 0.459 e. The van der Waals surface area contributed by atoms with Crippen LogP contribution in [0.1, 0.15) is 39.0 Å². The Morgan fingerprint density at radius 1 is 1.06 bits per heavy atom. The van der Waals surface area contributed by atoms with Crippen molar-refractivity contribution in [1.82, 2.24) is 0 Å². The first-order valence-electron chi connectivity index (χ1n) is 9.35. The van der Waals surface area contributed by atoms with Gasteiger partial charge in [-0.1, -0.05) is 12.1 Å². The number of nitrogens with one attached hydrogen (secondary N) is 2. The molecule has 156 valence electrons. The summed E-state index contributed by atoms with van der Waals surface area (Å²) in [6, 6.07) is 16.2. The Hall–Kier alpha value is -4.38. The Morgan fingerprint density at radius 2 is 1.87 bits per heavy atom. The number of esters is 1. The van der Waals surface area contributed by atoms with Crippen molar-refractivity contribution in [3.8, 4) is 6.07 Å². The van der Waals surface area contributed by atoms with Gasteiger partial charge in [0.1, 0.15) is 0 Å². The average molecular weight is 417 g/mol. The normalized spacial score (nSPS) is 11.1. The van der Waals surface area contributed by atoms with Gasteiger partial charge in [0.2, 0.25) is 0 Å². The molecule has 0 spiro atoms. The van der Waals surface area contributed by atoms with Crippen LogP contribution in [-0.2, 0) is 9.53 Å². The molecule has 1 atom stereocenters. The Balaban J connectivity index is 1.66. The molecule has 8 nitrogen and oxygen atoms in total. The first-order chi connectivity index (χ1) is 14.9. The number of amides is 2. The predicted octanol–water partition coefficient (Wildman–Crippen LogP) is 3.90. The van der Waals surface area contributed by atoms with Gasteiger partial charge in [0.05, 0.1) is 23.5 Å². The van der Waals surface area contributed by atoms with Crippen LogP contribution < -0.4 is 10.6 Å². The van der Waals surface area contributed by atoms with Crippen molar-refractivity contribution >= 4 is 29.2 Å². The van der Waals surface area contributed by atoms with Crippen molar-refractivity contribution in [1.29, 1.82) is 5.26 Å². The molecule has 8 heteroatoms. The Bertz CT molecular complexity index is 1160. The highest BCUT2D eigenvalue weighted by Crippen LogP contribution is 2.19. The number of nitriles is 1. The van der Waals surface area contributed by atoms with Gasteiger partial charge in [-0.3, -0.25) is 9.59 Å². The maximum atomic E-state index is 12.5. The van der Waals surface area contributed by atoms with Crippen LogP contribution in [0.2, 0.25) is 0 Å². The highest BCUT2D eigenvalue weighted by Gasteiger charge is 2.20. The average Bonchev–Trinajstić information content (AvgIpc) is 3.30. The zero-order valence-electron chi connectivity index (χ0n) is 16.8. The van der Waals surface area contributed by atoms with Crippen molar-refractivity contribution in [3.63, 3.8) is 0 Å². The number of ether oxygens (including phenoxy) is 1. The zero-order valence-corrected chi connectivity index (χ0v) is 16.8. The summed E-state index contributed by atoms with van der Waals surface area (Å²) in [6.45, 7) is 3.22. The summed E-state index contributed by atoms with van der Waals surface area (Å²) in [4.78, 5) is 37.1. The number of benzene rings is 2. The molecule has 2 amide bonds. The van der Waals surface area contributed by atoms with Crippen molar-refractivity contribution in [2.75, 3.05) is 10.6 Å². The fourth-order valence-electron chi connectivity index (χ4n) is 2.67. The summed E-state index contributed by atoms with van der Waals surface area (Å²) < 4.78 is 10.3. The van der Waals surface area contributed by atoms with Crippen molar-refractivity contribution in [3.05, 3.63) is 83.3 Å². The second kappa shape index (κ2) is 9.41. The molecule has 3 rings (SSSR count). The lowest BCUT2D eigenvalue weighted by Gasteiger charge is -2.15. The van der Waals surface area contributed by atoms with Gasteiger partial charge >= 0.3 is 5.97 Å². The van der Waals surface area contributed by atoms with E-state index in [1.807, 2.05) is 6.07 Å². The van der Waals surface area contributed by atoms with Crippen LogP contribution in [0.25, 0.3) is 0 Å². The number of carbonyl (C=O) groups is 3. The molecule has 0 saturated carbocycles. The quantitative estimate of drug-likeness (QED) is 0.587. The summed E-state index contributed by atoms with van der Waals surface area (Å²) in [5, 5.41) is 14.2. The maximum Gasteiger partial charge on any atom is 0.338 e. The molecule has 1 heterocycles. The molecule has 1 aromatic heterocycles. The molecule has 0 aliphatic heterocycles. The highest BCUT2D eigenvalue weighted by molar-refractivity contribution is 6.03. The molecule has 0 aliphatic carbocycles. The van der Waals surface area contributed by atoms with Crippen molar-refractivity contribution in [2.45, 2.75) is 20.0 Å². The van der Waals surface area contributed by atoms with Crippen LogP contribution in [0.15, 0.2) is 65.3 Å². The minimum Gasteiger partial charge on any atom is -0.459 e. The minimum atomic E-state index is -1.08. The standard InChI is InChI=1S/C23H19N3O5/c1-14-8-9-17(12-19(14)26-22(28)20-7-4-10-30-20)23(29)31-15(2)21(27)25-18-6-3-5-16(11-18)13-24/h3-12,15H,1-2H3,(H,25,27)(H,26,28)/t15-/m1/s1.